The molecule has 0 aliphatic carbocycles. The Kier molecular flexibility index (Phi) is 3.63. The van der Waals surface area contributed by atoms with E-state index in [0.717, 1.165) is 11.7 Å². The van der Waals surface area contributed by atoms with Crippen LogP contribution < -0.4 is 5.32 Å². The summed E-state index contributed by atoms with van der Waals surface area (Å²) in [5.41, 5.74) is 0.572. The molecule has 18 heavy (non-hydrogen) atoms. The lowest BCUT2D eigenvalue weighted by Gasteiger charge is -2.03. The van der Waals surface area contributed by atoms with E-state index in [1.165, 1.54) is 24.4 Å². The summed E-state index contributed by atoms with van der Waals surface area (Å²) in [5.74, 6) is -0.412. The van der Waals surface area contributed by atoms with Gasteiger partial charge in [0.05, 0.1) is 27.3 Å². The number of amides is 1. The largest absolute Gasteiger partial charge is 0.321 e. The summed E-state index contributed by atoms with van der Waals surface area (Å²) in [6.45, 7) is 0. The maximum atomic E-state index is 11.6. The van der Waals surface area contributed by atoms with Crippen molar-refractivity contribution in [1.29, 1.82) is 0 Å². The van der Waals surface area contributed by atoms with E-state index in [4.69, 9.17) is 0 Å². The minimum Gasteiger partial charge on any atom is -0.321 e. The van der Waals surface area contributed by atoms with E-state index in [2.05, 4.69) is 30.0 Å². The van der Waals surface area contributed by atoms with Gasteiger partial charge in [0, 0.05) is 11.8 Å². The van der Waals surface area contributed by atoms with Crippen molar-refractivity contribution < 1.29 is 9.72 Å². The maximum Gasteiger partial charge on any atom is 0.283 e. The van der Waals surface area contributed by atoms with Crippen LogP contribution in [0.25, 0.3) is 0 Å². The van der Waals surface area contributed by atoms with Crippen LogP contribution in [0.3, 0.4) is 0 Å². The molecule has 0 saturated heterocycles. The molecule has 0 unspecified atom stereocenters. The molecule has 0 saturated carbocycles. The minimum absolute atomic E-state index is 0.0664. The highest BCUT2D eigenvalue weighted by molar-refractivity contribution is 9.10. The van der Waals surface area contributed by atoms with Crippen LogP contribution in [0.1, 0.15) is 10.5 Å². The Labute approximate surface area is 113 Å². The lowest BCUT2D eigenvalue weighted by atomic mass is 10.3. The Morgan fingerprint density at radius 1 is 1.50 bits per heavy atom. The first kappa shape index (κ1) is 12.6. The first-order chi connectivity index (χ1) is 8.58. The Bertz CT molecular complexity index is 602. The number of halogens is 1. The molecule has 9 heteroatoms. The molecular formula is C9H5BrN4O3S. The van der Waals surface area contributed by atoms with Gasteiger partial charge in [0.1, 0.15) is 0 Å². The predicted octanol–water partition coefficient (Wildman–Crippen LogP) is 2.46. The van der Waals surface area contributed by atoms with Crippen molar-refractivity contribution in [1.82, 2.24) is 8.75 Å². The number of nitro groups is 1. The quantitative estimate of drug-likeness (QED) is 0.689. The Hall–Kier alpha value is -1.87. The van der Waals surface area contributed by atoms with E-state index >= 15 is 0 Å². The standard InChI is InChI=1S/C9H5BrN4O3S/c10-6-3-5(1-2-8(6)14(16)17)12-9(15)7-4-11-18-13-7/h1-4H,(H,12,15). The van der Waals surface area contributed by atoms with E-state index in [-0.39, 0.29) is 11.4 Å². The van der Waals surface area contributed by atoms with Gasteiger partial charge in [-0.15, -0.1) is 0 Å². The monoisotopic (exact) mass is 328 g/mol. The molecule has 0 radical (unpaired) electrons. The molecule has 2 aromatic rings. The van der Waals surface area contributed by atoms with Crippen molar-refractivity contribution in [2.24, 2.45) is 0 Å². The molecular weight excluding hydrogens is 324 g/mol. The van der Waals surface area contributed by atoms with E-state index in [1.54, 1.807) is 0 Å². The van der Waals surface area contributed by atoms with E-state index in [1.807, 2.05) is 0 Å². The lowest BCUT2D eigenvalue weighted by molar-refractivity contribution is -0.385. The number of carbonyl (C=O) groups excluding carboxylic acids is 1. The molecule has 0 aliphatic heterocycles. The lowest BCUT2D eigenvalue weighted by Crippen LogP contribution is -2.12. The van der Waals surface area contributed by atoms with Gasteiger partial charge in [0.25, 0.3) is 11.6 Å². The number of carbonyl (C=O) groups is 1. The first-order valence-corrected chi connectivity index (χ1v) is 6.13. The number of rotatable bonds is 3. The second-order valence-corrected chi connectivity index (χ2v) is 4.58. The van der Waals surface area contributed by atoms with Gasteiger partial charge in [-0.3, -0.25) is 14.9 Å². The van der Waals surface area contributed by atoms with Crippen molar-refractivity contribution in [3.63, 3.8) is 0 Å². The van der Waals surface area contributed by atoms with Crippen molar-refractivity contribution in [3.8, 4) is 0 Å². The SMILES string of the molecule is O=C(Nc1ccc([N+](=O)[O-])c(Br)c1)c1cnsn1. The molecule has 0 fully saturated rings. The molecule has 0 bridgehead atoms. The average Bonchev–Trinajstić information content (AvgIpc) is 2.81. The zero-order valence-electron chi connectivity index (χ0n) is 8.66. The summed E-state index contributed by atoms with van der Waals surface area (Å²) in [5, 5.41) is 13.2. The summed E-state index contributed by atoms with van der Waals surface area (Å²) < 4.78 is 7.78. The van der Waals surface area contributed by atoms with Gasteiger partial charge >= 0.3 is 0 Å². The van der Waals surface area contributed by atoms with Crippen molar-refractivity contribution in [2.45, 2.75) is 0 Å². The van der Waals surface area contributed by atoms with Crippen LogP contribution in [-0.4, -0.2) is 19.6 Å². The van der Waals surface area contributed by atoms with Gasteiger partial charge in [-0.1, -0.05) is 0 Å². The molecule has 2 rings (SSSR count). The van der Waals surface area contributed by atoms with Gasteiger partial charge in [0.2, 0.25) is 0 Å². The van der Waals surface area contributed by atoms with Crippen LogP contribution in [0.4, 0.5) is 11.4 Å². The first-order valence-electron chi connectivity index (χ1n) is 4.61. The average molecular weight is 329 g/mol. The fourth-order valence-electron chi connectivity index (χ4n) is 1.19. The number of hydrogen-bond acceptors (Lipinski definition) is 6. The van der Waals surface area contributed by atoms with E-state index in [9.17, 15) is 14.9 Å². The van der Waals surface area contributed by atoms with Crippen molar-refractivity contribution in [3.05, 3.63) is 44.7 Å². The number of nitrogens with one attached hydrogen (secondary N) is 1. The third kappa shape index (κ3) is 2.68. The number of nitrogens with zero attached hydrogens (tertiary/aromatic N) is 3. The van der Waals surface area contributed by atoms with Crippen LogP contribution in [-0.2, 0) is 0 Å². The molecule has 0 atom stereocenters. The van der Waals surface area contributed by atoms with Crippen molar-refractivity contribution in [2.75, 3.05) is 5.32 Å². The molecule has 0 spiro atoms. The third-order valence-electron chi connectivity index (χ3n) is 2.00. The number of benzene rings is 1. The zero-order valence-corrected chi connectivity index (χ0v) is 11.1. The van der Waals surface area contributed by atoms with Crippen LogP contribution >= 0.6 is 27.7 Å². The van der Waals surface area contributed by atoms with Crippen molar-refractivity contribution >= 4 is 44.9 Å². The summed E-state index contributed by atoms with van der Waals surface area (Å²) in [7, 11) is 0. The summed E-state index contributed by atoms with van der Waals surface area (Å²) >= 11 is 4.00. The summed E-state index contributed by atoms with van der Waals surface area (Å²) in [4.78, 5) is 21.7. The Morgan fingerprint density at radius 2 is 2.28 bits per heavy atom. The molecule has 0 aliphatic rings. The highest BCUT2D eigenvalue weighted by Gasteiger charge is 2.14. The predicted molar refractivity (Wildman–Crippen MR) is 68.7 cm³/mol. The molecule has 1 aromatic carbocycles. The summed E-state index contributed by atoms with van der Waals surface area (Å²) in [6, 6.07) is 4.20. The van der Waals surface area contributed by atoms with E-state index in [0.29, 0.717) is 10.2 Å². The topological polar surface area (TPSA) is 98.0 Å². The molecule has 1 heterocycles. The van der Waals surface area contributed by atoms with Gasteiger partial charge in [-0.25, -0.2) is 0 Å². The second-order valence-electron chi connectivity index (χ2n) is 3.17. The van der Waals surface area contributed by atoms with Gasteiger partial charge in [0.15, 0.2) is 5.69 Å². The highest BCUT2D eigenvalue weighted by Crippen LogP contribution is 2.27. The normalized spacial score (nSPS) is 10.1. The van der Waals surface area contributed by atoms with Crippen LogP contribution in [0.15, 0.2) is 28.9 Å². The van der Waals surface area contributed by atoms with E-state index < -0.39 is 10.8 Å². The minimum atomic E-state index is -0.514. The van der Waals surface area contributed by atoms with Crippen LogP contribution in [0.2, 0.25) is 0 Å². The van der Waals surface area contributed by atoms with Gasteiger partial charge in [-0.2, -0.15) is 8.75 Å². The number of hydrogen-bond donors (Lipinski definition) is 1. The van der Waals surface area contributed by atoms with Gasteiger partial charge < -0.3 is 5.32 Å². The Balaban J connectivity index is 2.18. The van der Waals surface area contributed by atoms with Crippen LogP contribution in [0.5, 0.6) is 0 Å². The smallest absolute Gasteiger partial charge is 0.283 e. The second kappa shape index (κ2) is 5.19. The number of nitro benzene ring substituents is 1. The maximum absolute atomic E-state index is 11.6. The molecule has 7 nitrogen and oxygen atoms in total. The summed E-state index contributed by atoms with van der Waals surface area (Å²) in [6.07, 6.45) is 1.35. The molecule has 1 N–H and O–H groups in total. The third-order valence-corrected chi connectivity index (χ3v) is 3.11. The Morgan fingerprint density at radius 3 is 2.83 bits per heavy atom. The highest BCUT2D eigenvalue weighted by atomic mass is 79.9. The molecule has 92 valence electrons. The number of anilines is 1. The van der Waals surface area contributed by atoms with Crippen LogP contribution in [0, 0.1) is 10.1 Å². The van der Waals surface area contributed by atoms with Gasteiger partial charge in [-0.05, 0) is 28.1 Å². The number of aromatic nitrogens is 2. The molecule has 1 aromatic heterocycles. The fourth-order valence-corrected chi connectivity index (χ4v) is 2.13. The molecule has 1 amide bonds. The fraction of sp³-hybridized carbons (Fsp3) is 0. The zero-order chi connectivity index (χ0) is 13.1.